The van der Waals surface area contributed by atoms with Gasteiger partial charge in [0.05, 0.1) is 12.5 Å². The topological polar surface area (TPSA) is 51.7 Å². The largest absolute Gasteiger partial charge is 0.485 e. The van der Waals surface area contributed by atoms with Crippen LogP contribution in [0.25, 0.3) is 16.9 Å². The first kappa shape index (κ1) is 18.1. The van der Waals surface area contributed by atoms with Gasteiger partial charge < -0.3 is 14.5 Å². The fourth-order valence-corrected chi connectivity index (χ4v) is 3.44. The Bertz CT molecular complexity index is 1230. The molecule has 5 nitrogen and oxygen atoms in total. The molecule has 0 aliphatic heterocycles. The standard InChI is InChI=1S/C25H21N3O2/c1-3-8-19(9-4-1)16-26-25-23(21-13-15-29-18-21)27-24-22(12-7-14-28(24)25)30-17-20-10-5-2-6-11-20/h1-15,18,26H,16-17H2. The molecule has 3 aromatic heterocycles. The first-order valence-corrected chi connectivity index (χ1v) is 9.86. The van der Waals surface area contributed by atoms with E-state index in [-0.39, 0.29) is 0 Å². The minimum atomic E-state index is 0.487. The maximum absolute atomic E-state index is 6.12. The molecule has 0 aliphatic rings. The number of benzene rings is 2. The van der Waals surface area contributed by atoms with E-state index in [1.54, 1.807) is 12.5 Å². The van der Waals surface area contributed by atoms with Crippen molar-refractivity contribution in [1.82, 2.24) is 9.38 Å². The van der Waals surface area contributed by atoms with Gasteiger partial charge in [-0.05, 0) is 29.3 Å². The van der Waals surface area contributed by atoms with Crippen molar-refractivity contribution in [1.29, 1.82) is 0 Å². The predicted molar refractivity (Wildman–Crippen MR) is 117 cm³/mol. The van der Waals surface area contributed by atoms with Crippen LogP contribution in [0.1, 0.15) is 11.1 Å². The molecule has 0 fully saturated rings. The lowest BCUT2D eigenvalue weighted by Gasteiger charge is -2.10. The van der Waals surface area contributed by atoms with Crippen LogP contribution in [-0.4, -0.2) is 9.38 Å². The molecule has 2 aromatic carbocycles. The average molecular weight is 395 g/mol. The first-order chi connectivity index (χ1) is 14.9. The van der Waals surface area contributed by atoms with Crippen molar-refractivity contribution in [3.63, 3.8) is 0 Å². The highest BCUT2D eigenvalue weighted by Crippen LogP contribution is 2.33. The fourth-order valence-electron chi connectivity index (χ4n) is 3.44. The van der Waals surface area contributed by atoms with E-state index in [4.69, 9.17) is 14.1 Å². The van der Waals surface area contributed by atoms with Crippen molar-refractivity contribution in [3.05, 3.63) is 109 Å². The Morgan fingerprint density at radius 1 is 0.867 bits per heavy atom. The SMILES string of the molecule is c1ccc(CNc2c(-c3ccoc3)nc3c(OCc4ccccc4)cccn23)cc1. The number of hydrogen-bond acceptors (Lipinski definition) is 4. The molecule has 0 amide bonds. The van der Waals surface area contributed by atoms with Crippen LogP contribution in [0.3, 0.4) is 0 Å². The van der Waals surface area contributed by atoms with Crippen LogP contribution >= 0.6 is 0 Å². The maximum atomic E-state index is 6.12. The Labute approximate surface area is 174 Å². The van der Waals surface area contributed by atoms with Crippen LogP contribution < -0.4 is 10.1 Å². The van der Waals surface area contributed by atoms with E-state index in [2.05, 4.69) is 29.6 Å². The van der Waals surface area contributed by atoms with Crippen molar-refractivity contribution in [2.24, 2.45) is 0 Å². The van der Waals surface area contributed by atoms with Crippen molar-refractivity contribution >= 4 is 11.5 Å². The summed E-state index contributed by atoms with van der Waals surface area (Å²) in [5.74, 6) is 1.64. The molecule has 30 heavy (non-hydrogen) atoms. The second-order valence-electron chi connectivity index (χ2n) is 7.00. The van der Waals surface area contributed by atoms with Gasteiger partial charge in [-0.1, -0.05) is 60.7 Å². The highest BCUT2D eigenvalue weighted by atomic mass is 16.5. The maximum Gasteiger partial charge on any atom is 0.181 e. The van der Waals surface area contributed by atoms with E-state index < -0.39 is 0 Å². The summed E-state index contributed by atoms with van der Waals surface area (Å²) < 4.78 is 13.5. The molecule has 148 valence electrons. The lowest BCUT2D eigenvalue weighted by atomic mass is 10.2. The lowest BCUT2D eigenvalue weighted by molar-refractivity contribution is 0.308. The third kappa shape index (κ3) is 3.65. The summed E-state index contributed by atoms with van der Waals surface area (Å²) >= 11 is 0. The molecule has 0 radical (unpaired) electrons. The Morgan fingerprint density at radius 2 is 1.63 bits per heavy atom. The minimum absolute atomic E-state index is 0.487. The normalized spacial score (nSPS) is 10.9. The molecule has 3 heterocycles. The molecule has 0 unspecified atom stereocenters. The number of fused-ring (bicyclic) bond motifs is 1. The minimum Gasteiger partial charge on any atom is -0.485 e. The van der Waals surface area contributed by atoms with Crippen LogP contribution in [0.15, 0.2) is 102 Å². The van der Waals surface area contributed by atoms with E-state index in [9.17, 15) is 0 Å². The van der Waals surface area contributed by atoms with Gasteiger partial charge in [0, 0.05) is 18.3 Å². The number of pyridine rings is 1. The van der Waals surface area contributed by atoms with Crippen LogP contribution in [0, 0.1) is 0 Å². The highest BCUT2D eigenvalue weighted by Gasteiger charge is 2.17. The van der Waals surface area contributed by atoms with Crippen LogP contribution in [0.4, 0.5) is 5.82 Å². The molecule has 1 N–H and O–H groups in total. The lowest BCUT2D eigenvalue weighted by Crippen LogP contribution is -2.03. The quantitative estimate of drug-likeness (QED) is 0.379. The van der Waals surface area contributed by atoms with Gasteiger partial charge >= 0.3 is 0 Å². The number of ether oxygens (including phenoxy) is 1. The van der Waals surface area contributed by atoms with Gasteiger partial charge in [0.25, 0.3) is 0 Å². The molecule has 5 aromatic rings. The van der Waals surface area contributed by atoms with E-state index in [0.717, 1.165) is 34.0 Å². The first-order valence-electron chi connectivity index (χ1n) is 9.86. The van der Waals surface area contributed by atoms with Gasteiger partial charge in [-0.3, -0.25) is 4.40 Å². The summed E-state index contributed by atoms with van der Waals surface area (Å²) in [6, 6.07) is 26.3. The van der Waals surface area contributed by atoms with Crippen LogP contribution in [0.5, 0.6) is 5.75 Å². The summed E-state index contributed by atoms with van der Waals surface area (Å²) in [4.78, 5) is 4.90. The molecular formula is C25H21N3O2. The Kier molecular flexibility index (Phi) is 4.92. The Balaban J connectivity index is 1.51. The summed E-state index contributed by atoms with van der Waals surface area (Å²) in [5, 5.41) is 3.55. The molecule has 0 aliphatic carbocycles. The number of rotatable bonds is 7. The van der Waals surface area contributed by atoms with E-state index in [1.807, 2.05) is 65.2 Å². The van der Waals surface area contributed by atoms with Crippen molar-refractivity contribution in [3.8, 4) is 17.0 Å². The predicted octanol–water partition coefficient (Wildman–Crippen LogP) is 5.79. The van der Waals surface area contributed by atoms with Gasteiger partial charge in [-0.2, -0.15) is 0 Å². The van der Waals surface area contributed by atoms with Gasteiger partial charge in [-0.15, -0.1) is 0 Å². The molecule has 5 heteroatoms. The van der Waals surface area contributed by atoms with E-state index in [0.29, 0.717) is 13.2 Å². The fraction of sp³-hybridized carbons (Fsp3) is 0.0800. The smallest absolute Gasteiger partial charge is 0.181 e. The molecular weight excluding hydrogens is 374 g/mol. The number of anilines is 1. The molecule has 5 rings (SSSR count). The highest BCUT2D eigenvalue weighted by molar-refractivity contribution is 5.78. The van der Waals surface area contributed by atoms with Crippen molar-refractivity contribution in [2.75, 3.05) is 5.32 Å². The zero-order chi connectivity index (χ0) is 20.2. The van der Waals surface area contributed by atoms with Gasteiger partial charge in [0.15, 0.2) is 11.4 Å². The number of furan rings is 1. The molecule has 0 spiro atoms. The van der Waals surface area contributed by atoms with E-state index in [1.165, 1.54) is 5.56 Å². The molecule has 0 saturated carbocycles. The average Bonchev–Trinajstić information content (AvgIpc) is 3.46. The summed E-state index contributed by atoms with van der Waals surface area (Å²) in [6.07, 6.45) is 5.36. The van der Waals surface area contributed by atoms with Crippen LogP contribution in [0.2, 0.25) is 0 Å². The third-order valence-electron chi connectivity index (χ3n) is 4.95. The van der Waals surface area contributed by atoms with Gasteiger partial charge in [-0.25, -0.2) is 4.98 Å². The second-order valence-corrected chi connectivity index (χ2v) is 7.00. The number of imidazole rings is 1. The number of aromatic nitrogens is 2. The van der Waals surface area contributed by atoms with Crippen molar-refractivity contribution < 1.29 is 9.15 Å². The molecule has 0 bridgehead atoms. The van der Waals surface area contributed by atoms with Gasteiger partial charge in [0.2, 0.25) is 0 Å². The third-order valence-corrected chi connectivity index (χ3v) is 4.95. The second kappa shape index (κ2) is 8.17. The zero-order valence-corrected chi connectivity index (χ0v) is 16.4. The number of hydrogen-bond donors (Lipinski definition) is 1. The summed E-state index contributed by atoms with van der Waals surface area (Å²) in [6.45, 7) is 1.18. The summed E-state index contributed by atoms with van der Waals surface area (Å²) in [5.41, 5.74) is 4.82. The monoisotopic (exact) mass is 395 g/mol. The number of nitrogens with zero attached hydrogens (tertiary/aromatic N) is 2. The Hall–Kier alpha value is -3.99. The number of nitrogens with one attached hydrogen (secondary N) is 1. The summed E-state index contributed by atoms with van der Waals surface area (Å²) in [7, 11) is 0. The van der Waals surface area contributed by atoms with Crippen molar-refractivity contribution in [2.45, 2.75) is 13.2 Å². The van der Waals surface area contributed by atoms with Crippen LogP contribution in [-0.2, 0) is 13.2 Å². The van der Waals surface area contributed by atoms with E-state index >= 15 is 0 Å². The molecule has 0 saturated heterocycles. The Morgan fingerprint density at radius 3 is 2.37 bits per heavy atom. The zero-order valence-electron chi connectivity index (χ0n) is 16.4. The molecule has 0 atom stereocenters. The van der Waals surface area contributed by atoms with Gasteiger partial charge in [0.1, 0.15) is 18.1 Å².